The van der Waals surface area contributed by atoms with Crippen LogP contribution in [0.3, 0.4) is 0 Å². The summed E-state index contributed by atoms with van der Waals surface area (Å²) in [4.78, 5) is 33.8. The van der Waals surface area contributed by atoms with E-state index in [1.165, 1.54) is 23.9 Å². The summed E-state index contributed by atoms with van der Waals surface area (Å²) >= 11 is 1.60. The lowest BCUT2D eigenvalue weighted by Gasteiger charge is -2.30. The minimum atomic E-state index is -0.556. The third kappa shape index (κ3) is 5.97. The molecule has 0 spiro atoms. The number of hydrogen-bond acceptors (Lipinski definition) is 6. The molecular weight excluding hydrogens is 467 g/mol. The maximum Gasteiger partial charge on any atom is 0.227 e. The van der Waals surface area contributed by atoms with Crippen LogP contribution in [0.1, 0.15) is 38.5 Å². The van der Waals surface area contributed by atoms with Gasteiger partial charge in [0.15, 0.2) is 11.6 Å². The Morgan fingerprint density at radius 3 is 2.57 bits per heavy atom. The zero-order chi connectivity index (χ0) is 24.9. The number of piperidine rings is 1. The summed E-state index contributed by atoms with van der Waals surface area (Å²) in [6.07, 6.45) is 2.86. The van der Waals surface area contributed by atoms with Crippen LogP contribution in [0, 0.1) is 11.7 Å². The van der Waals surface area contributed by atoms with Gasteiger partial charge in [0.25, 0.3) is 0 Å². The van der Waals surface area contributed by atoms with Crippen LogP contribution in [0.15, 0.2) is 36.5 Å². The van der Waals surface area contributed by atoms with Crippen molar-refractivity contribution in [3.63, 3.8) is 0 Å². The van der Waals surface area contributed by atoms with Crippen LogP contribution < -0.4 is 10.1 Å². The van der Waals surface area contributed by atoms with Crippen molar-refractivity contribution in [2.45, 2.75) is 40.2 Å². The lowest BCUT2D eigenvalue weighted by Crippen LogP contribution is -2.40. The Kier molecular flexibility index (Phi) is 7.97. The number of thiophene rings is 1. The normalized spacial score (nSPS) is 14.5. The molecule has 0 saturated carbocycles. The first-order chi connectivity index (χ1) is 16.9. The summed E-state index contributed by atoms with van der Waals surface area (Å²) < 4.78 is 21.7. The number of anilines is 1. The highest BCUT2D eigenvalue weighted by Crippen LogP contribution is 2.36. The van der Waals surface area contributed by atoms with Crippen molar-refractivity contribution < 1.29 is 18.7 Å². The van der Waals surface area contributed by atoms with Gasteiger partial charge in [-0.05, 0) is 44.1 Å². The molecule has 1 aliphatic heterocycles. The molecule has 186 valence electrons. The fourth-order valence-electron chi connectivity index (χ4n) is 4.27. The number of halogens is 1. The molecule has 35 heavy (non-hydrogen) atoms. The molecule has 3 aromatic rings. The maximum atomic E-state index is 14.9. The van der Waals surface area contributed by atoms with Gasteiger partial charge in [-0.2, -0.15) is 0 Å². The van der Waals surface area contributed by atoms with E-state index in [0.29, 0.717) is 37.4 Å². The summed E-state index contributed by atoms with van der Waals surface area (Å²) in [6, 6.07) is 8.24. The number of ether oxygens (including phenoxy) is 1. The van der Waals surface area contributed by atoms with E-state index in [9.17, 15) is 14.0 Å². The van der Waals surface area contributed by atoms with Crippen molar-refractivity contribution in [3.05, 3.63) is 47.2 Å². The molecule has 1 saturated heterocycles. The molecule has 1 fully saturated rings. The molecule has 9 heteroatoms. The van der Waals surface area contributed by atoms with Gasteiger partial charge in [-0.15, -0.1) is 11.3 Å². The number of benzene rings is 1. The number of fused-ring (bicyclic) bond motifs is 1. The fourth-order valence-corrected chi connectivity index (χ4v) is 5.38. The van der Waals surface area contributed by atoms with E-state index in [1.54, 1.807) is 34.6 Å². The Morgan fingerprint density at radius 2 is 1.91 bits per heavy atom. The average molecular weight is 499 g/mol. The topological polar surface area (TPSA) is 74.8 Å². The first-order valence-electron chi connectivity index (χ1n) is 12.0. The number of aromatic nitrogens is 1. The van der Waals surface area contributed by atoms with Crippen molar-refractivity contribution >= 4 is 39.1 Å². The van der Waals surface area contributed by atoms with Crippen molar-refractivity contribution in [1.29, 1.82) is 0 Å². The molecule has 7 nitrogen and oxygen atoms in total. The molecule has 1 aliphatic rings. The maximum absolute atomic E-state index is 14.9. The van der Waals surface area contributed by atoms with Gasteiger partial charge in [-0.25, -0.2) is 4.39 Å². The molecule has 2 amide bonds. The van der Waals surface area contributed by atoms with Crippen LogP contribution in [-0.4, -0.2) is 52.8 Å². The van der Waals surface area contributed by atoms with Gasteiger partial charge >= 0.3 is 0 Å². The second-order valence-corrected chi connectivity index (χ2v) is 9.85. The number of rotatable bonds is 8. The van der Waals surface area contributed by atoms with Gasteiger partial charge in [-0.1, -0.05) is 13.8 Å². The quantitative estimate of drug-likeness (QED) is 0.458. The molecule has 4 rings (SSSR count). The predicted molar refractivity (Wildman–Crippen MR) is 136 cm³/mol. The van der Waals surface area contributed by atoms with Gasteiger partial charge < -0.3 is 15.0 Å². The minimum Gasteiger partial charge on any atom is -0.453 e. The van der Waals surface area contributed by atoms with Gasteiger partial charge in [0, 0.05) is 61.4 Å². The molecule has 0 atom stereocenters. The molecule has 0 bridgehead atoms. The van der Waals surface area contributed by atoms with E-state index in [2.05, 4.69) is 35.1 Å². The number of likely N-dealkylation sites (tertiary alicyclic amines) is 1. The highest BCUT2D eigenvalue weighted by molar-refractivity contribution is 7.19. The Morgan fingerprint density at radius 1 is 1.17 bits per heavy atom. The van der Waals surface area contributed by atoms with E-state index in [0.717, 1.165) is 29.9 Å². The molecule has 0 aliphatic carbocycles. The largest absolute Gasteiger partial charge is 0.453 e. The number of carbonyl (C=O) groups excluding carboxylic acids is 2. The molecule has 2 aromatic heterocycles. The second kappa shape index (κ2) is 11.1. The molecule has 0 radical (unpaired) electrons. The fraction of sp³-hybridized carbons (Fsp3) is 0.423. The third-order valence-corrected chi connectivity index (χ3v) is 7.55. The summed E-state index contributed by atoms with van der Waals surface area (Å²) in [5.41, 5.74) is 1.21. The Labute approximate surface area is 208 Å². The number of hydrogen-bond donors (Lipinski definition) is 1. The number of nitrogens with one attached hydrogen (secondary N) is 1. The van der Waals surface area contributed by atoms with E-state index in [-0.39, 0.29) is 23.5 Å². The van der Waals surface area contributed by atoms with E-state index in [1.807, 2.05) is 0 Å². The number of pyridine rings is 1. The predicted octanol–water partition coefficient (Wildman–Crippen LogP) is 5.27. The smallest absolute Gasteiger partial charge is 0.227 e. The van der Waals surface area contributed by atoms with Crippen LogP contribution in [-0.2, 0) is 16.1 Å². The minimum absolute atomic E-state index is 0.0238. The van der Waals surface area contributed by atoms with Gasteiger partial charge in [0.2, 0.25) is 11.8 Å². The van der Waals surface area contributed by atoms with Crippen LogP contribution >= 0.6 is 11.3 Å². The highest BCUT2D eigenvalue weighted by Gasteiger charge is 2.26. The standard InChI is InChI=1S/C26H31FN4O3S/c1-4-30(5-2)16-20-15-22-25(35-20)24(8-11-28-22)34-23-7-6-19(14-21(23)27)29-26(33)18-9-12-31(13-10-18)17(3)32/h6-8,11,14-15,18H,4-5,9-10,12-13,16H2,1-3H3,(H,29,33). The second-order valence-electron chi connectivity index (χ2n) is 8.71. The third-order valence-electron chi connectivity index (χ3n) is 6.43. The Hall–Kier alpha value is -3.04. The van der Waals surface area contributed by atoms with Gasteiger partial charge in [0.1, 0.15) is 5.75 Å². The lowest BCUT2D eigenvalue weighted by molar-refractivity contribution is -0.132. The number of carbonyl (C=O) groups is 2. The van der Waals surface area contributed by atoms with Crippen LogP contribution in [0.4, 0.5) is 10.1 Å². The van der Waals surface area contributed by atoms with Gasteiger partial charge in [0.05, 0.1) is 10.2 Å². The van der Waals surface area contributed by atoms with E-state index in [4.69, 9.17) is 4.74 Å². The lowest BCUT2D eigenvalue weighted by atomic mass is 9.96. The number of amides is 2. The molecule has 3 heterocycles. The SMILES string of the molecule is CCN(CC)Cc1cc2nccc(Oc3ccc(NC(=O)C4CCN(C(C)=O)CC4)cc3F)c2s1. The zero-order valence-corrected chi connectivity index (χ0v) is 21.2. The van der Waals surface area contributed by atoms with Crippen LogP contribution in [0.5, 0.6) is 11.5 Å². The zero-order valence-electron chi connectivity index (χ0n) is 20.3. The van der Waals surface area contributed by atoms with Crippen LogP contribution in [0.25, 0.3) is 10.2 Å². The van der Waals surface area contributed by atoms with E-state index >= 15 is 0 Å². The summed E-state index contributed by atoms with van der Waals surface area (Å²) in [6.45, 7) is 9.70. The highest BCUT2D eigenvalue weighted by atomic mass is 32.1. The van der Waals surface area contributed by atoms with Crippen LogP contribution in [0.2, 0.25) is 0 Å². The Bertz CT molecular complexity index is 1200. The van der Waals surface area contributed by atoms with Crippen molar-refractivity contribution in [2.75, 3.05) is 31.5 Å². The van der Waals surface area contributed by atoms with Gasteiger partial charge in [-0.3, -0.25) is 19.5 Å². The monoisotopic (exact) mass is 498 g/mol. The Balaban J connectivity index is 1.43. The molecule has 1 aromatic carbocycles. The molecule has 0 unspecified atom stereocenters. The van der Waals surface area contributed by atoms with Crippen molar-refractivity contribution in [2.24, 2.45) is 5.92 Å². The first kappa shape index (κ1) is 25.1. The summed E-state index contributed by atoms with van der Waals surface area (Å²) in [5.74, 6) is -0.243. The molecule has 1 N–H and O–H groups in total. The first-order valence-corrected chi connectivity index (χ1v) is 12.8. The number of nitrogens with zero attached hydrogens (tertiary/aromatic N) is 3. The van der Waals surface area contributed by atoms with E-state index < -0.39 is 5.82 Å². The average Bonchev–Trinajstić information content (AvgIpc) is 3.27. The summed E-state index contributed by atoms with van der Waals surface area (Å²) in [7, 11) is 0. The van der Waals surface area contributed by atoms with Crippen molar-refractivity contribution in [3.8, 4) is 11.5 Å². The van der Waals surface area contributed by atoms with Crippen molar-refractivity contribution in [1.82, 2.24) is 14.8 Å². The molecular formula is C26H31FN4O3S. The summed E-state index contributed by atoms with van der Waals surface area (Å²) in [5, 5.41) is 2.80.